The van der Waals surface area contributed by atoms with Crippen LogP contribution in [0.4, 0.5) is 5.82 Å². The van der Waals surface area contributed by atoms with E-state index in [1.807, 2.05) is 151 Å². The molecule has 0 aliphatic carbocycles. The summed E-state index contributed by atoms with van der Waals surface area (Å²) in [5.74, 6) is 1.86. The summed E-state index contributed by atoms with van der Waals surface area (Å²) < 4.78 is 21.2. The van der Waals surface area contributed by atoms with Gasteiger partial charge in [0.15, 0.2) is 22.7 Å². The minimum atomic E-state index is -1.38. The molecule has 0 saturated heterocycles. The van der Waals surface area contributed by atoms with E-state index in [0.717, 1.165) is 33.4 Å². The zero-order valence-electron chi connectivity index (χ0n) is 32.7. The van der Waals surface area contributed by atoms with E-state index in [1.165, 1.54) is 6.33 Å². The molecule has 0 radical (unpaired) electrons. The van der Waals surface area contributed by atoms with Crippen LogP contribution < -0.4 is 14.8 Å². The van der Waals surface area contributed by atoms with E-state index >= 15 is 0 Å². The van der Waals surface area contributed by atoms with Crippen molar-refractivity contribution in [3.63, 3.8) is 0 Å². The van der Waals surface area contributed by atoms with Crippen LogP contribution in [0.5, 0.6) is 11.5 Å². The standard InChI is InChI=1S/C49H45N5O4/c1-4-47(33-55,58-49(38-24-13-7-14-25-38,39-26-15-8-16-27-39)40-28-19-29-41(32-40)56-2)54-35-52-44-45(50-34-51-46(44)54)53-48(36-20-9-5-10-21-36,37-22-11-6-12-23-37)42-30-17-18-31-43(42)57-3/h5-32,34-35,55H,4,33H2,1-3H3,(H,50,51,53). The van der Waals surface area contributed by atoms with E-state index in [0.29, 0.717) is 34.9 Å². The number of fused-ring (bicyclic) bond motifs is 1. The molecule has 2 aromatic heterocycles. The Morgan fingerprint density at radius 3 is 1.71 bits per heavy atom. The molecule has 58 heavy (non-hydrogen) atoms. The van der Waals surface area contributed by atoms with Crippen molar-refractivity contribution in [2.45, 2.75) is 30.2 Å². The van der Waals surface area contributed by atoms with Gasteiger partial charge in [-0.15, -0.1) is 0 Å². The summed E-state index contributed by atoms with van der Waals surface area (Å²) >= 11 is 0. The summed E-state index contributed by atoms with van der Waals surface area (Å²) in [5, 5.41) is 15.6. The first-order chi connectivity index (χ1) is 28.5. The van der Waals surface area contributed by atoms with Crippen molar-refractivity contribution in [1.29, 1.82) is 0 Å². The number of rotatable bonds is 15. The van der Waals surface area contributed by atoms with Gasteiger partial charge in [0.1, 0.15) is 29.0 Å². The normalized spacial score (nSPS) is 12.8. The maximum Gasteiger partial charge on any atom is 0.172 e. The summed E-state index contributed by atoms with van der Waals surface area (Å²) in [6.45, 7) is 1.60. The molecular formula is C49H45N5O4. The quantitative estimate of drug-likeness (QED) is 0.0996. The first-order valence-corrected chi connectivity index (χ1v) is 19.3. The van der Waals surface area contributed by atoms with Gasteiger partial charge in [-0.3, -0.25) is 4.57 Å². The highest BCUT2D eigenvalue weighted by molar-refractivity contribution is 5.84. The summed E-state index contributed by atoms with van der Waals surface area (Å²) in [6.07, 6.45) is 3.56. The largest absolute Gasteiger partial charge is 0.497 e. The molecule has 0 aliphatic rings. The zero-order valence-corrected chi connectivity index (χ0v) is 32.7. The third kappa shape index (κ3) is 6.54. The van der Waals surface area contributed by atoms with Crippen molar-refractivity contribution in [2.75, 3.05) is 26.1 Å². The van der Waals surface area contributed by atoms with Crippen LogP contribution in [-0.2, 0) is 21.6 Å². The van der Waals surface area contributed by atoms with E-state index in [2.05, 4.69) is 35.6 Å². The smallest absolute Gasteiger partial charge is 0.172 e. The highest BCUT2D eigenvalue weighted by Crippen LogP contribution is 2.48. The van der Waals surface area contributed by atoms with E-state index in [4.69, 9.17) is 29.2 Å². The van der Waals surface area contributed by atoms with Gasteiger partial charge in [0.05, 0.1) is 27.2 Å². The van der Waals surface area contributed by atoms with Gasteiger partial charge in [0, 0.05) is 5.56 Å². The molecule has 1 atom stereocenters. The van der Waals surface area contributed by atoms with Crippen molar-refractivity contribution in [3.05, 3.63) is 216 Å². The molecule has 6 aromatic carbocycles. The van der Waals surface area contributed by atoms with Crippen LogP contribution in [0.1, 0.15) is 46.7 Å². The molecule has 0 fully saturated rings. The van der Waals surface area contributed by atoms with E-state index in [1.54, 1.807) is 20.5 Å². The summed E-state index contributed by atoms with van der Waals surface area (Å²) in [6, 6.07) is 56.5. The van der Waals surface area contributed by atoms with Crippen molar-refractivity contribution in [1.82, 2.24) is 19.5 Å². The van der Waals surface area contributed by atoms with Gasteiger partial charge < -0.3 is 24.6 Å². The Hall–Kier alpha value is -6.81. The summed E-state index contributed by atoms with van der Waals surface area (Å²) in [7, 11) is 3.33. The monoisotopic (exact) mass is 767 g/mol. The number of nitrogens with zero attached hydrogens (tertiary/aromatic N) is 4. The maximum atomic E-state index is 11.7. The third-order valence-corrected chi connectivity index (χ3v) is 11.0. The Bertz CT molecular complexity index is 2500. The molecule has 0 bridgehead atoms. The number of ether oxygens (including phenoxy) is 3. The van der Waals surface area contributed by atoms with Crippen LogP contribution in [0, 0.1) is 0 Å². The van der Waals surface area contributed by atoms with Crippen LogP contribution in [0.25, 0.3) is 11.2 Å². The zero-order chi connectivity index (χ0) is 40.0. The minimum Gasteiger partial charge on any atom is -0.497 e. The van der Waals surface area contributed by atoms with E-state index in [9.17, 15) is 5.11 Å². The average molecular weight is 768 g/mol. The fourth-order valence-corrected chi connectivity index (χ4v) is 8.08. The minimum absolute atomic E-state index is 0.353. The van der Waals surface area contributed by atoms with Gasteiger partial charge >= 0.3 is 0 Å². The van der Waals surface area contributed by atoms with Gasteiger partial charge in [0.2, 0.25) is 0 Å². The molecule has 0 aliphatic heterocycles. The van der Waals surface area contributed by atoms with Crippen molar-refractivity contribution in [3.8, 4) is 11.5 Å². The van der Waals surface area contributed by atoms with E-state index in [-0.39, 0.29) is 0 Å². The second-order valence-corrected chi connectivity index (χ2v) is 14.0. The fraction of sp³-hybridized carbons (Fsp3) is 0.163. The molecule has 8 rings (SSSR count). The number of anilines is 1. The van der Waals surface area contributed by atoms with Crippen molar-refractivity contribution < 1.29 is 19.3 Å². The first-order valence-electron chi connectivity index (χ1n) is 19.3. The van der Waals surface area contributed by atoms with Gasteiger partial charge in [-0.05, 0) is 52.4 Å². The molecule has 0 saturated carbocycles. The Balaban J connectivity index is 1.35. The Labute approximate surface area is 338 Å². The molecule has 9 nitrogen and oxygen atoms in total. The number of hydrogen-bond acceptors (Lipinski definition) is 8. The number of methoxy groups -OCH3 is 2. The lowest BCUT2D eigenvalue weighted by Crippen LogP contribution is -2.48. The Kier molecular flexibility index (Phi) is 10.7. The lowest BCUT2D eigenvalue weighted by Gasteiger charge is -2.44. The molecule has 9 heteroatoms. The first kappa shape index (κ1) is 38.1. The number of hydrogen-bond donors (Lipinski definition) is 2. The van der Waals surface area contributed by atoms with Gasteiger partial charge in [-0.25, -0.2) is 15.0 Å². The molecule has 1 unspecified atom stereocenters. The molecule has 0 amide bonds. The highest BCUT2D eigenvalue weighted by Gasteiger charge is 2.47. The Morgan fingerprint density at radius 1 is 0.603 bits per heavy atom. The topological polar surface area (TPSA) is 104 Å². The SMILES string of the molecule is CCC(CO)(OC(c1ccccc1)(c1ccccc1)c1cccc(OC)c1)n1cnc2c(NC(c3ccccc3)(c3ccccc3)c3ccccc3OC)ncnc21. The molecule has 0 spiro atoms. The Morgan fingerprint density at radius 2 is 1.16 bits per heavy atom. The van der Waals surface area contributed by atoms with E-state index < -0.39 is 23.5 Å². The van der Waals surface area contributed by atoms with Crippen LogP contribution in [0.15, 0.2) is 183 Å². The third-order valence-electron chi connectivity index (χ3n) is 11.0. The lowest BCUT2D eigenvalue weighted by atomic mass is 9.76. The fourth-order valence-electron chi connectivity index (χ4n) is 8.08. The predicted octanol–water partition coefficient (Wildman–Crippen LogP) is 9.31. The van der Waals surface area contributed by atoms with Gasteiger partial charge in [-0.2, -0.15) is 0 Å². The lowest BCUT2D eigenvalue weighted by molar-refractivity contribution is -0.195. The van der Waals surface area contributed by atoms with Gasteiger partial charge in [0.25, 0.3) is 0 Å². The molecule has 290 valence electrons. The maximum absolute atomic E-state index is 11.7. The van der Waals surface area contributed by atoms with Crippen LogP contribution in [0.3, 0.4) is 0 Å². The van der Waals surface area contributed by atoms with Crippen molar-refractivity contribution in [2.24, 2.45) is 0 Å². The van der Waals surface area contributed by atoms with Crippen LogP contribution in [-0.4, -0.2) is 45.5 Å². The number of aromatic nitrogens is 4. The van der Waals surface area contributed by atoms with Crippen LogP contribution in [0.2, 0.25) is 0 Å². The summed E-state index contributed by atoms with van der Waals surface area (Å²) in [5.41, 5.74) is 2.76. The predicted molar refractivity (Wildman–Crippen MR) is 227 cm³/mol. The van der Waals surface area contributed by atoms with Crippen molar-refractivity contribution >= 4 is 17.0 Å². The second kappa shape index (κ2) is 16.3. The number of nitrogens with one attached hydrogen (secondary N) is 1. The number of para-hydroxylation sites is 1. The number of benzene rings is 6. The molecule has 2 heterocycles. The number of aliphatic hydroxyl groups excluding tert-OH is 1. The number of imidazole rings is 1. The number of aliphatic hydroxyl groups is 1. The molecular weight excluding hydrogens is 723 g/mol. The highest BCUT2D eigenvalue weighted by atomic mass is 16.6. The van der Waals surface area contributed by atoms with Crippen LogP contribution >= 0.6 is 0 Å². The molecule has 2 N–H and O–H groups in total. The summed E-state index contributed by atoms with van der Waals surface area (Å²) in [4.78, 5) is 14.7. The second-order valence-electron chi connectivity index (χ2n) is 14.0. The average Bonchev–Trinajstić information content (AvgIpc) is 3.76. The van der Waals surface area contributed by atoms with Gasteiger partial charge in [-0.1, -0.05) is 159 Å². The molecule has 8 aromatic rings.